The van der Waals surface area contributed by atoms with Crippen LogP contribution in [0.5, 0.6) is 0 Å². The fourth-order valence-electron chi connectivity index (χ4n) is 1.62. The van der Waals surface area contributed by atoms with Crippen LogP contribution in [0.3, 0.4) is 0 Å². The van der Waals surface area contributed by atoms with Crippen LogP contribution in [0.15, 0.2) is 18.2 Å². The van der Waals surface area contributed by atoms with Gasteiger partial charge in [-0.25, -0.2) is 8.78 Å². The largest absolute Gasteiger partial charge is 0.388 e. The van der Waals surface area contributed by atoms with E-state index in [1.807, 2.05) is 20.8 Å². The Morgan fingerprint density at radius 3 is 2.24 bits per heavy atom. The van der Waals surface area contributed by atoms with Crippen molar-refractivity contribution in [2.45, 2.75) is 32.8 Å². The quantitative estimate of drug-likeness (QED) is 0.855. The lowest BCUT2D eigenvalue weighted by Crippen LogP contribution is -2.51. The molecule has 0 aromatic heterocycles. The van der Waals surface area contributed by atoms with Crippen LogP contribution in [0.2, 0.25) is 0 Å². The van der Waals surface area contributed by atoms with Gasteiger partial charge in [0.25, 0.3) is 0 Å². The highest BCUT2D eigenvalue weighted by molar-refractivity contribution is 5.21. The van der Waals surface area contributed by atoms with Crippen LogP contribution in [0.1, 0.15) is 26.3 Å². The van der Waals surface area contributed by atoms with Crippen molar-refractivity contribution in [3.63, 3.8) is 0 Å². The minimum atomic E-state index is -1.22. The number of rotatable bonds is 3. The van der Waals surface area contributed by atoms with Crippen LogP contribution in [0.4, 0.5) is 8.78 Å². The molecule has 0 bridgehead atoms. The average molecular weight is 243 g/mol. The van der Waals surface area contributed by atoms with E-state index in [9.17, 15) is 13.9 Å². The predicted octanol–water partition coefficient (Wildman–Crippen LogP) is 2.24. The molecule has 0 saturated carbocycles. The molecule has 1 rings (SSSR count). The van der Waals surface area contributed by atoms with Gasteiger partial charge in [0.2, 0.25) is 0 Å². The summed E-state index contributed by atoms with van der Waals surface area (Å²) in [7, 11) is 0. The second-order valence-electron chi connectivity index (χ2n) is 5.40. The van der Waals surface area contributed by atoms with Crippen LogP contribution in [-0.4, -0.2) is 17.3 Å². The van der Waals surface area contributed by atoms with E-state index >= 15 is 0 Å². The van der Waals surface area contributed by atoms with Crippen molar-refractivity contribution in [3.8, 4) is 0 Å². The Hall–Kier alpha value is -1.00. The second kappa shape index (κ2) is 4.70. The number of nitrogens with two attached hydrogens (primary N) is 1. The van der Waals surface area contributed by atoms with Crippen LogP contribution < -0.4 is 5.73 Å². The summed E-state index contributed by atoms with van der Waals surface area (Å²) in [5.74, 6) is -1.28. The monoisotopic (exact) mass is 243 g/mol. The van der Waals surface area contributed by atoms with Gasteiger partial charge in [-0.3, -0.25) is 0 Å². The summed E-state index contributed by atoms with van der Waals surface area (Å²) in [5.41, 5.74) is 4.15. The van der Waals surface area contributed by atoms with Gasteiger partial charge in [-0.2, -0.15) is 0 Å². The van der Waals surface area contributed by atoms with Gasteiger partial charge >= 0.3 is 0 Å². The van der Waals surface area contributed by atoms with E-state index in [1.165, 1.54) is 12.1 Å². The maximum atomic E-state index is 13.5. The molecule has 0 aliphatic carbocycles. The van der Waals surface area contributed by atoms with Crippen molar-refractivity contribution in [3.05, 3.63) is 35.4 Å². The SMILES string of the molecule is CC(C)(C)C(O)(CN)Cc1ccc(F)cc1F. The van der Waals surface area contributed by atoms with Crippen molar-refractivity contribution in [2.24, 2.45) is 11.1 Å². The second-order valence-corrected chi connectivity index (χ2v) is 5.40. The molecule has 0 saturated heterocycles. The van der Waals surface area contributed by atoms with E-state index in [2.05, 4.69) is 0 Å². The van der Waals surface area contributed by atoms with Crippen LogP contribution in [-0.2, 0) is 6.42 Å². The normalized spacial score (nSPS) is 15.7. The summed E-state index contributed by atoms with van der Waals surface area (Å²) in [6.07, 6.45) is 0.0686. The number of aliphatic hydroxyl groups is 1. The lowest BCUT2D eigenvalue weighted by atomic mass is 9.73. The molecule has 17 heavy (non-hydrogen) atoms. The van der Waals surface area contributed by atoms with Crippen LogP contribution >= 0.6 is 0 Å². The Labute approximate surface area is 100 Å². The van der Waals surface area contributed by atoms with Crippen molar-refractivity contribution < 1.29 is 13.9 Å². The maximum absolute atomic E-state index is 13.5. The summed E-state index contributed by atoms with van der Waals surface area (Å²) >= 11 is 0. The third kappa shape index (κ3) is 3.01. The Morgan fingerprint density at radius 1 is 1.24 bits per heavy atom. The zero-order valence-electron chi connectivity index (χ0n) is 10.4. The molecule has 0 heterocycles. The average Bonchev–Trinajstić information content (AvgIpc) is 2.20. The standard InChI is InChI=1S/C13H19F2NO/c1-12(2,3)13(17,8-16)7-9-4-5-10(14)6-11(9)15/h4-6,17H,7-8,16H2,1-3H3. The van der Waals surface area contributed by atoms with Gasteiger partial charge in [-0.1, -0.05) is 26.8 Å². The topological polar surface area (TPSA) is 46.2 Å². The first-order valence-corrected chi connectivity index (χ1v) is 5.56. The van der Waals surface area contributed by atoms with E-state index in [1.54, 1.807) is 0 Å². The Morgan fingerprint density at radius 2 is 1.82 bits per heavy atom. The highest BCUT2D eigenvalue weighted by Crippen LogP contribution is 2.33. The highest BCUT2D eigenvalue weighted by atomic mass is 19.1. The maximum Gasteiger partial charge on any atom is 0.129 e. The lowest BCUT2D eigenvalue weighted by molar-refractivity contribution is -0.0496. The van der Waals surface area contributed by atoms with Gasteiger partial charge in [0, 0.05) is 19.0 Å². The highest BCUT2D eigenvalue weighted by Gasteiger charge is 2.39. The Bertz CT molecular complexity index is 401. The van der Waals surface area contributed by atoms with Crippen molar-refractivity contribution in [1.82, 2.24) is 0 Å². The summed E-state index contributed by atoms with van der Waals surface area (Å²) < 4.78 is 26.3. The fourth-order valence-corrected chi connectivity index (χ4v) is 1.62. The third-order valence-corrected chi connectivity index (χ3v) is 3.23. The van der Waals surface area contributed by atoms with Gasteiger partial charge in [0.05, 0.1) is 5.60 Å². The van der Waals surface area contributed by atoms with Gasteiger partial charge in [0.15, 0.2) is 0 Å². The minimum Gasteiger partial charge on any atom is -0.388 e. The van der Waals surface area contributed by atoms with E-state index < -0.39 is 22.7 Å². The molecule has 3 N–H and O–H groups in total. The first-order valence-electron chi connectivity index (χ1n) is 5.56. The molecule has 0 spiro atoms. The lowest BCUT2D eigenvalue weighted by Gasteiger charge is -2.39. The molecule has 0 fully saturated rings. The number of halogens is 2. The zero-order valence-corrected chi connectivity index (χ0v) is 10.4. The molecule has 0 aliphatic rings. The van der Waals surface area contributed by atoms with E-state index in [4.69, 9.17) is 5.73 Å². The summed E-state index contributed by atoms with van der Waals surface area (Å²) in [6.45, 7) is 5.52. The predicted molar refractivity (Wildman–Crippen MR) is 63.5 cm³/mol. The summed E-state index contributed by atoms with van der Waals surface area (Å²) in [5, 5.41) is 10.4. The molecule has 96 valence electrons. The zero-order chi connectivity index (χ0) is 13.3. The van der Waals surface area contributed by atoms with Gasteiger partial charge in [-0.05, 0) is 17.0 Å². The number of hydrogen-bond acceptors (Lipinski definition) is 2. The van der Waals surface area contributed by atoms with E-state index in [0.29, 0.717) is 0 Å². The van der Waals surface area contributed by atoms with E-state index in [0.717, 1.165) is 6.07 Å². The molecule has 0 aliphatic heterocycles. The Kier molecular flexibility index (Phi) is 3.89. The molecule has 1 aromatic carbocycles. The van der Waals surface area contributed by atoms with Crippen molar-refractivity contribution in [1.29, 1.82) is 0 Å². The first-order chi connectivity index (χ1) is 7.69. The molecule has 2 nitrogen and oxygen atoms in total. The molecule has 1 atom stereocenters. The minimum absolute atomic E-state index is 0.0211. The molecule has 0 amide bonds. The third-order valence-electron chi connectivity index (χ3n) is 3.23. The number of benzene rings is 1. The smallest absolute Gasteiger partial charge is 0.129 e. The molecular weight excluding hydrogens is 224 g/mol. The summed E-state index contributed by atoms with van der Waals surface area (Å²) in [6, 6.07) is 3.34. The molecule has 0 radical (unpaired) electrons. The Balaban J connectivity index is 3.03. The van der Waals surface area contributed by atoms with Crippen molar-refractivity contribution in [2.75, 3.05) is 6.54 Å². The van der Waals surface area contributed by atoms with Gasteiger partial charge in [0.1, 0.15) is 11.6 Å². The van der Waals surface area contributed by atoms with Crippen LogP contribution in [0, 0.1) is 17.0 Å². The summed E-state index contributed by atoms with van der Waals surface area (Å²) in [4.78, 5) is 0. The molecule has 4 heteroatoms. The van der Waals surface area contributed by atoms with Crippen LogP contribution in [0.25, 0.3) is 0 Å². The fraction of sp³-hybridized carbons (Fsp3) is 0.538. The van der Waals surface area contributed by atoms with Gasteiger partial charge < -0.3 is 10.8 Å². The van der Waals surface area contributed by atoms with Gasteiger partial charge in [-0.15, -0.1) is 0 Å². The number of hydrogen-bond donors (Lipinski definition) is 2. The first kappa shape index (κ1) is 14.1. The molecule has 1 aromatic rings. The van der Waals surface area contributed by atoms with E-state index in [-0.39, 0.29) is 18.5 Å². The van der Waals surface area contributed by atoms with Crippen molar-refractivity contribution >= 4 is 0 Å². The molecular formula is C13H19F2NO. The molecule has 1 unspecified atom stereocenters.